The summed E-state index contributed by atoms with van der Waals surface area (Å²) in [7, 11) is 0. The Morgan fingerprint density at radius 3 is 2.57 bits per heavy atom. The summed E-state index contributed by atoms with van der Waals surface area (Å²) in [6.45, 7) is 2.77. The molecule has 2 amide bonds. The van der Waals surface area contributed by atoms with Gasteiger partial charge in [0.25, 0.3) is 0 Å². The van der Waals surface area contributed by atoms with E-state index in [1.165, 1.54) is 0 Å². The normalized spacial score (nSPS) is 11.9. The number of nitrogens with two attached hydrogens (primary N) is 2. The van der Waals surface area contributed by atoms with E-state index in [-0.39, 0.29) is 12.3 Å². The van der Waals surface area contributed by atoms with Crippen molar-refractivity contribution in [3.05, 3.63) is 29.8 Å². The topological polar surface area (TPSA) is 98.2 Å². The quantitative estimate of drug-likeness (QED) is 0.647. The van der Waals surface area contributed by atoms with Crippen LogP contribution in [0.5, 0.6) is 0 Å². The third kappa shape index (κ3) is 6.40. The van der Waals surface area contributed by atoms with Crippen molar-refractivity contribution >= 4 is 17.5 Å². The van der Waals surface area contributed by atoms with Crippen molar-refractivity contribution < 1.29 is 9.59 Å². The molecule has 1 rings (SSSR count). The molecule has 0 radical (unpaired) electrons. The third-order valence-corrected chi connectivity index (χ3v) is 3.59. The molecule has 0 aliphatic heterocycles. The molecular formula is C16H25N3O2. The van der Waals surface area contributed by atoms with Gasteiger partial charge in [-0.15, -0.1) is 0 Å². The van der Waals surface area contributed by atoms with Gasteiger partial charge in [-0.2, -0.15) is 0 Å². The number of hydrogen-bond acceptors (Lipinski definition) is 3. The van der Waals surface area contributed by atoms with Gasteiger partial charge in [-0.1, -0.05) is 31.5 Å². The minimum atomic E-state index is -0.411. The zero-order chi connectivity index (χ0) is 15.7. The minimum Gasteiger partial charge on any atom is -0.369 e. The Balaban J connectivity index is 2.56. The van der Waals surface area contributed by atoms with Crippen LogP contribution >= 0.6 is 0 Å². The van der Waals surface area contributed by atoms with Crippen LogP contribution in [0.15, 0.2) is 24.3 Å². The Labute approximate surface area is 126 Å². The van der Waals surface area contributed by atoms with Crippen LogP contribution in [-0.2, 0) is 16.0 Å². The smallest absolute Gasteiger partial charge is 0.224 e. The maximum Gasteiger partial charge on any atom is 0.224 e. The molecule has 0 saturated heterocycles. The number of anilines is 1. The number of carbonyl (C=O) groups excluding carboxylic acids is 2. The monoisotopic (exact) mass is 291 g/mol. The Hall–Kier alpha value is -1.88. The van der Waals surface area contributed by atoms with Crippen molar-refractivity contribution in [2.45, 2.75) is 39.0 Å². The first-order valence-electron chi connectivity index (χ1n) is 7.43. The van der Waals surface area contributed by atoms with Crippen molar-refractivity contribution in [1.82, 2.24) is 0 Å². The van der Waals surface area contributed by atoms with Crippen LogP contribution in [0, 0.1) is 5.92 Å². The van der Waals surface area contributed by atoms with E-state index in [1.54, 1.807) is 12.1 Å². The van der Waals surface area contributed by atoms with Crippen molar-refractivity contribution in [2.75, 3.05) is 11.9 Å². The Morgan fingerprint density at radius 2 is 1.95 bits per heavy atom. The molecule has 0 heterocycles. The lowest BCUT2D eigenvalue weighted by molar-refractivity contribution is -0.118. The molecule has 0 aliphatic rings. The van der Waals surface area contributed by atoms with Crippen LogP contribution in [0.3, 0.4) is 0 Å². The molecule has 1 aromatic rings. The highest BCUT2D eigenvalue weighted by Gasteiger charge is 2.11. The number of hydrogen-bond donors (Lipinski definition) is 3. The van der Waals surface area contributed by atoms with Gasteiger partial charge in [-0.3, -0.25) is 9.59 Å². The second-order valence-electron chi connectivity index (χ2n) is 5.24. The molecule has 0 aromatic heterocycles. The average Bonchev–Trinajstić information content (AvgIpc) is 2.45. The van der Waals surface area contributed by atoms with E-state index in [2.05, 4.69) is 12.2 Å². The molecule has 0 saturated carbocycles. The standard InChI is InChI=1S/C16H25N3O2/c1-2-12(9-10-17)7-8-16(21)19-14-6-4-3-5-13(14)11-15(18)20/h3-6,12H,2,7-11,17H2,1H3,(H2,18,20)(H,19,21). The largest absolute Gasteiger partial charge is 0.369 e. The summed E-state index contributed by atoms with van der Waals surface area (Å²) in [6.07, 6.45) is 3.40. The van der Waals surface area contributed by atoms with Crippen LogP contribution in [0.4, 0.5) is 5.69 Å². The highest BCUT2D eigenvalue weighted by atomic mass is 16.2. The molecular weight excluding hydrogens is 266 g/mol. The van der Waals surface area contributed by atoms with Crippen LogP contribution in [0.1, 0.15) is 38.2 Å². The fourth-order valence-corrected chi connectivity index (χ4v) is 2.32. The van der Waals surface area contributed by atoms with E-state index in [0.29, 0.717) is 24.6 Å². The maximum atomic E-state index is 12.0. The van der Waals surface area contributed by atoms with Crippen molar-refractivity contribution in [1.29, 1.82) is 0 Å². The van der Waals surface area contributed by atoms with E-state index < -0.39 is 5.91 Å². The summed E-state index contributed by atoms with van der Waals surface area (Å²) >= 11 is 0. The molecule has 116 valence electrons. The summed E-state index contributed by atoms with van der Waals surface area (Å²) in [5.74, 6) is 0.0368. The predicted molar refractivity (Wildman–Crippen MR) is 84.7 cm³/mol. The molecule has 1 unspecified atom stereocenters. The predicted octanol–water partition coefficient (Wildman–Crippen LogP) is 1.81. The fourth-order valence-electron chi connectivity index (χ4n) is 2.32. The number of amides is 2. The maximum absolute atomic E-state index is 12.0. The molecule has 5 N–H and O–H groups in total. The molecule has 1 atom stereocenters. The lowest BCUT2D eigenvalue weighted by Crippen LogP contribution is -2.18. The van der Waals surface area contributed by atoms with Gasteiger partial charge in [-0.05, 0) is 36.9 Å². The lowest BCUT2D eigenvalue weighted by atomic mass is 9.96. The molecule has 0 aliphatic carbocycles. The van der Waals surface area contributed by atoms with E-state index >= 15 is 0 Å². The fraction of sp³-hybridized carbons (Fsp3) is 0.500. The zero-order valence-electron chi connectivity index (χ0n) is 12.6. The van der Waals surface area contributed by atoms with Gasteiger partial charge < -0.3 is 16.8 Å². The minimum absolute atomic E-state index is 0.0395. The van der Waals surface area contributed by atoms with Gasteiger partial charge in [0.05, 0.1) is 6.42 Å². The van der Waals surface area contributed by atoms with Crippen LogP contribution < -0.4 is 16.8 Å². The van der Waals surface area contributed by atoms with Crippen LogP contribution in [0.25, 0.3) is 0 Å². The van der Waals surface area contributed by atoms with Crippen LogP contribution in [-0.4, -0.2) is 18.4 Å². The second-order valence-corrected chi connectivity index (χ2v) is 5.24. The molecule has 0 bridgehead atoms. The average molecular weight is 291 g/mol. The number of rotatable bonds is 9. The molecule has 5 nitrogen and oxygen atoms in total. The van der Waals surface area contributed by atoms with E-state index in [4.69, 9.17) is 11.5 Å². The summed E-state index contributed by atoms with van der Waals surface area (Å²) in [5, 5.41) is 2.86. The van der Waals surface area contributed by atoms with Crippen molar-refractivity contribution in [3.8, 4) is 0 Å². The lowest BCUT2D eigenvalue weighted by Gasteiger charge is -2.14. The molecule has 0 spiro atoms. The first-order chi connectivity index (χ1) is 10.1. The number of para-hydroxylation sites is 1. The Kier molecular flexibility index (Phi) is 7.46. The highest BCUT2D eigenvalue weighted by Crippen LogP contribution is 2.18. The van der Waals surface area contributed by atoms with Gasteiger partial charge in [-0.25, -0.2) is 0 Å². The summed E-state index contributed by atoms with van der Waals surface area (Å²) in [5.41, 5.74) is 12.2. The molecule has 21 heavy (non-hydrogen) atoms. The number of carbonyl (C=O) groups is 2. The number of primary amides is 1. The van der Waals surface area contributed by atoms with Gasteiger partial charge in [0, 0.05) is 12.1 Å². The second kappa shape index (κ2) is 9.13. The molecule has 1 aromatic carbocycles. The number of nitrogens with one attached hydrogen (secondary N) is 1. The number of benzene rings is 1. The molecule has 5 heteroatoms. The Bertz CT molecular complexity index is 474. The highest BCUT2D eigenvalue weighted by molar-refractivity contribution is 5.92. The van der Waals surface area contributed by atoms with Crippen molar-refractivity contribution in [3.63, 3.8) is 0 Å². The zero-order valence-corrected chi connectivity index (χ0v) is 12.6. The first-order valence-corrected chi connectivity index (χ1v) is 7.43. The Morgan fingerprint density at radius 1 is 1.24 bits per heavy atom. The third-order valence-electron chi connectivity index (χ3n) is 3.59. The van der Waals surface area contributed by atoms with Crippen molar-refractivity contribution in [2.24, 2.45) is 17.4 Å². The van der Waals surface area contributed by atoms with E-state index in [1.807, 2.05) is 12.1 Å². The summed E-state index contributed by atoms with van der Waals surface area (Å²) in [6, 6.07) is 7.22. The summed E-state index contributed by atoms with van der Waals surface area (Å²) in [4.78, 5) is 23.0. The van der Waals surface area contributed by atoms with Gasteiger partial charge >= 0.3 is 0 Å². The molecule has 0 fully saturated rings. The summed E-state index contributed by atoms with van der Waals surface area (Å²) < 4.78 is 0. The van der Waals surface area contributed by atoms with Gasteiger partial charge in [0.15, 0.2) is 0 Å². The van der Waals surface area contributed by atoms with Gasteiger partial charge in [0.1, 0.15) is 0 Å². The van der Waals surface area contributed by atoms with E-state index in [0.717, 1.165) is 24.8 Å². The SMILES string of the molecule is CCC(CCN)CCC(=O)Nc1ccccc1CC(N)=O. The van der Waals surface area contributed by atoms with Crippen LogP contribution in [0.2, 0.25) is 0 Å². The first kappa shape index (κ1) is 17.2. The van der Waals surface area contributed by atoms with E-state index in [9.17, 15) is 9.59 Å². The van der Waals surface area contributed by atoms with Gasteiger partial charge in [0.2, 0.25) is 11.8 Å².